The highest BCUT2D eigenvalue weighted by atomic mass is 16.3. The molecule has 2 rings (SSSR count). The van der Waals surface area contributed by atoms with E-state index < -0.39 is 0 Å². The highest BCUT2D eigenvalue weighted by molar-refractivity contribution is 5.98. The van der Waals surface area contributed by atoms with E-state index in [0.29, 0.717) is 0 Å². The maximum absolute atomic E-state index is 12.4. The van der Waals surface area contributed by atoms with Crippen LogP contribution in [0.4, 0.5) is 0 Å². The lowest BCUT2D eigenvalue weighted by Gasteiger charge is -2.21. The topological polar surface area (TPSA) is 60.9 Å². The van der Waals surface area contributed by atoms with Crippen molar-refractivity contribution in [2.45, 2.75) is 26.2 Å². The third-order valence-corrected chi connectivity index (χ3v) is 3.88. The zero-order valence-electron chi connectivity index (χ0n) is 12.6. The predicted octanol–water partition coefficient (Wildman–Crippen LogP) is 1.65. The van der Waals surface area contributed by atoms with E-state index in [1.54, 1.807) is 24.1 Å². The Kier molecular flexibility index (Phi) is 4.83. The Labute approximate surface area is 125 Å². The Morgan fingerprint density at radius 1 is 1.29 bits per heavy atom. The molecule has 1 aromatic carbocycles. The quantitative estimate of drug-likeness (QED) is 0.917. The number of likely N-dealkylation sites (N-methyl/N-ethyl adjacent to an activating group) is 1. The lowest BCUT2D eigenvalue weighted by Crippen LogP contribution is -2.39. The molecule has 0 aliphatic carbocycles. The molecule has 0 atom stereocenters. The smallest absolute Gasteiger partial charge is 0.257 e. The number of phenols is 1. The number of nitrogens with zero attached hydrogens (tertiary/aromatic N) is 2. The minimum Gasteiger partial charge on any atom is -0.507 e. The van der Waals surface area contributed by atoms with E-state index in [2.05, 4.69) is 0 Å². The third-order valence-electron chi connectivity index (χ3n) is 3.88. The van der Waals surface area contributed by atoms with Crippen molar-refractivity contribution in [2.75, 3.05) is 26.7 Å². The Bertz CT molecular complexity index is 536. The van der Waals surface area contributed by atoms with Crippen LogP contribution in [-0.4, -0.2) is 53.4 Å². The fraction of sp³-hybridized carbons (Fsp3) is 0.500. The van der Waals surface area contributed by atoms with Gasteiger partial charge in [0.2, 0.25) is 5.91 Å². The van der Waals surface area contributed by atoms with Gasteiger partial charge < -0.3 is 14.9 Å². The average Bonchev–Trinajstić information content (AvgIpc) is 3.01. The second-order valence-corrected chi connectivity index (χ2v) is 5.45. The minimum atomic E-state index is -0.324. The van der Waals surface area contributed by atoms with Crippen molar-refractivity contribution in [2.24, 2.45) is 0 Å². The molecule has 5 nitrogen and oxygen atoms in total. The summed E-state index contributed by atoms with van der Waals surface area (Å²) in [5.41, 5.74) is 1.24. The molecular formula is C16H22N2O3. The fourth-order valence-electron chi connectivity index (χ4n) is 2.52. The molecule has 1 heterocycles. The van der Waals surface area contributed by atoms with Crippen molar-refractivity contribution in [3.8, 4) is 5.75 Å². The second-order valence-electron chi connectivity index (χ2n) is 5.45. The van der Waals surface area contributed by atoms with Crippen LogP contribution >= 0.6 is 0 Å². The van der Waals surface area contributed by atoms with E-state index in [1.807, 2.05) is 6.92 Å². The molecule has 0 saturated carbocycles. The number of phenolic OH excluding ortho intramolecular Hbond substituents is 1. The molecule has 114 valence electrons. The van der Waals surface area contributed by atoms with Crippen molar-refractivity contribution >= 4 is 11.8 Å². The van der Waals surface area contributed by atoms with Crippen LogP contribution < -0.4 is 0 Å². The molecule has 21 heavy (non-hydrogen) atoms. The Hall–Kier alpha value is -2.04. The zero-order valence-corrected chi connectivity index (χ0v) is 12.6. The van der Waals surface area contributed by atoms with Crippen molar-refractivity contribution in [1.82, 2.24) is 9.80 Å². The molecule has 0 radical (unpaired) electrons. The number of carbonyl (C=O) groups is 2. The van der Waals surface area contributed by atoms with Crippen molar-refractivity contribution in [3.05, 3.63) is 29.3 Å². The normalized spacial score (nSPS) is 14.3. The number of hydrogen-bond donors (Lipinski definition) is 1. The maximum atomic E-state index is 12.4. The van der Waals surface area contributed by atoms with Gasteiger partial charge in [-0.05, 0) is 37.0 Å². The van der Waals surface area contributed by atoms with Crippen molar-refractivity contribution in [1.29, 1.82) is 0 Å². The molecule has 0 aromatic heterocycles. The molecule has 1 aliphatic rings. The summed E-state index contributed by atoms with van der Waals surface area (Å²) in [6, 6.07) is 5.01. The minimum absolute atomic E-state index is 0.0329. The van der Waals surface area contributed by atoms with E-state index in [9.17, 15) is 14.7 Å². The van der Waals surface area contributed by atoms with Gasteiger partial charge in [-0.2, -0.15) is 0 Å². The molecule has 1 N–H and O–H groups in total. The third kappa shape index (κ3) is 3.54. The lowest BCUT2D eigenvalue weighted by atomic mass is 10.1. The number of benzene rings is 1. The number of likely N-dealkylation sites (tertiary alicyclic amines) is 1. The van der Waals surface area contributed by atoms with Gasteiger partial charge in [-0.1, -0.05) is 13.0 Å². The highest BCUT2D eigenvalue weighted by Crippen LogP contribution is 2.20. The maximum Gasteiger partial charge on any atom is 0.257 e. The summed E-state index contributed by atoms with van der Waals surface area (Å²) in [6.07, 6.45) is 2.85. The molecule has 2 amide bonds. The first kappa shape index (κ1) is 15.4. The summed E-state index contributed by atoms with van der Waals surface area (Å²) in [7, 11) is 1.59. The van der Waals surface area contributed by atoms with Crippen LogP contribution in [0.2, 0.25) is 0 Å². The molecule has 1 fully saturated rings. The van der Waals surface area contributed by atoms with Gasteiger partial charge in [-0.3, -0.25) is 9.59 Å². The summed E-state index contributed by atoms with van der Waals surface area (Å²) < 4.78 is 0. The van der Waals surface area contributed by atoms with E-state index >= 15 is 0 Å². The molecule has 5 heteroatoms. The van der Waals surface area contributed by atoms with Crippen LogP contribution in [-0.2, 0) is 11.2 Å². The van der Waals surface area contributed by atoms with Crippen LogP contribution in [0.5, 0.6) is 5.75 Å². The molecular weight excluding hydrogens is 268 g/mol. The second kappa shape index (κ2) is 6.61. The van der Waals surface area contributed by atoms with Crippen LogP contribution in [0.3, 0.4) is 0 Å². The van der Waals surface area contributed by atoms with Crippen molar-refractivity contribution < 1.29 is 14.7 Å². The Morgan fingerprint density at radius 3 is 2.57 bits per heavy atom. The van der Waals surface area contributed by atoms with Gasteiger partial charge in [-0.15, -0.1) is 0 Å². The summed E-state index contributed by atoms with van der Waals surface area (Å²) in [5.74, 6) is -0.400. The standard InChI is InChI=1S/C16H22N2O3/c1-3-12-6-7-14(19)13(10-12)16(21)17(2)11-15(20)18-8-4-5-9-18/h6-7,10,19H,3-5,8-9,11H2,1-2H3. The predicted molar refractivity (Wildman–Crippen MR) is 80.3 cm³/mol. The molecule has 1 saturated heterocycles. The SMILES string of the molecule is CCc1ccc(O)c(C(=O)N(C)CC(=O)N2CCCC2)c1. The van der Waals surface area contributed by atoms with Crippen LogP contribution in [0.1, 0.15) is 35.7 Å². The van der Waals surface area contributed by atoms with Crippen LogP contribution in [0.15, 0.2) is 18.2 Å². The molecule has 0 unspecified atom stereocenters. The van der Waals surface area contributed by atoms with E-state index in [4.69, 9.17) is 0 Å². The van der Waals surface area contributed by atoms with Crippen LogP contribution in [0.25, 0.3) is 0 Å². The summed E-state index contributed by atoms with van der Waals surface area (Å²) in [4.78, 5) is 27.6. The van der Waals surface area contributed by atoms with Gasteiger partial charge >= 0.3 is 0 Å². The molecule has 1 aromatic rings. The monoisotopic (exact) mass is 290 g/mol. The summed E-state index contributed by atoms with van der Waals surface area (Å²) in [5, 5.41) is 9.85. The van der Waals surface area contributed by atoms with Gasteiger partial charge in [-0.25, -0.2) is 0 Å². The average molecular weight is 290 g/mol. The first-order chi connectivity index (χ1) is 10.0. The fourth-order valence-corrected chi connectivity index (χ4v) is 2.52. The Balaban J connectivity index is 2.06. The van der Waals surface area contributed by atoms with Gasteiger partial charge in [0.25, 0.3) is 5.91 Å². The molecule has 0 spiro atoms. The van der Waals surface area contributed by atoms with Gasteiger partial charge in [0.15, 0.2) is 0 Å². The first-order valence-corrected chi connectivity index (χ1v) is 7.38. The first-order valence-electron chi connectivity index (χ1n) is 7.38. The zero-order chi connectivity index (χ0) is 15.4. The van der Waals surface area contributed by atoms with Crippen molar-refractivity contribution in [3.63, 3.8) is 0 Å². The van der Waals surface area contributed by atoms with E-state index in [-0.39, 0.29) is 29.7 Å². The van der Waals surface area contributed by atoms with Gasteiger partial charge in [0.05, 0.1) is 12.1 Å². The number of amides is 2. The number of aryl methyl sites for hydroxylation is 1. The molecule has 0 bridgehead atoms. The number of rotatable bonds is 4. The lowest BCUT2D eigenvalue weighted by molar-refractivity contribution is -0.130. The molecule has 1 aliphatic heterocycles. The highest BCUT2D eigenvalue weighted by Gasteiger charge is 2.23. The van der Waals surface area contributed by atoms with Gasteiger partial charge in [0.1, 0.15) is 5.75 Å². The van der Waals surface area contributed by atoms with Crippen LogP contribution in [0, 0.1) is 0 Å². The number of hydrogen-bond acceptors (Lipinski definition) is 3. The summed E-state index contributed by atoms with van der Waals surface area (Å²) >= 11 is 0. The van der Waals surface area contributed by atoms with E-state index in [0.717, 1.165) is 37.9 Å². The largest absolute Gasteiger partial charge is 0.507 e. The number of carbonyl (C=O) groups excluding carboxylic acids is 2. The number of aromatic hydroxyl groups is 1. The van der Waals surface area contributed by atoms with Gasteiger partial charge in [0, 0.05) is 20.1 Å². The Morgan fingerprint density at radius 2 is 1.95 bits per heavy atom. The van der Waals surface area contributed by atoms with E-state index in [1.165, 1.54) is 11.0 Å². The summed E-state index contributed by atoms with van der Waals surface area (Å²) in [6.45, 7) is 3.59.